The molecule has 3 nitrogen and oxygen atoms in total. The molecule has 0 unspecified atom stereocenters. The summed E-state index contributed by atoms with van der Waals surface area (Å²) in [5.41, 5.74) is 4.01. The van der Waals surface area contributed by atoms with Gasteiger partial charge in [-0.05, 0) is 18.2 Å². The van der Waals surface area contributed by atoms with Gasteiger partial charge in [0.15, 0.2) is 0 Å². The van der Waals surface area contributed by atoms with Gasteiger partial charge in [-0.25, -0.2) is 0 Å². The number of nitrogens with two attached hydrogens (primary N) is 1. The van der Waals surface area contributed by atoms with E-state index in [1.54, 1.807) is 0 Å². The monoisotopic (exact) mass is 266 g/mol. The summed E-state index contributed by atoms with van der Waals surface area (Å²) in [4.78, 5) is 15.1. The number of aromatic nitrogens is 1. The Kier molecular flexibility index (Phi) is 3.25. The quantitative estimate of drug-likeness (QED) is 0.908. The van der Waals surface area contributed by atoms with Crippen LogP contribution in [0.5, 0.6) is 0 Å². The molecule has 0 saturated carbocycles. The van der Waals surface area contributed by atoms with E-state index >= 15 is 0 Å². The van der Waals surface area contributed by atoms with Gasteiger partial charge in [0.1, 0.15) is 0 Å². The highest BCUT2D eigenvalue weighted by Gasteiger charge is 2.35. The lowest BCUT2D eigenvalue weighted by Gasteiger charge is -2.15. The molecule has 1 heterocycles. The van der Waals surface area contributed by atoms with Gasteiger partial charge in [-0.15, -0.1) is 0 Å². The standard InChI is InChI=1S/C13H9F3N2O/c14-13(15,16)10-5-1-4-9(12(17)19)11(10)8-3-2-6-18-7-8/h1-7H,(H2,17,19). The van der Waals surface area contributed by atoms with Gasteiger partial charge in [0, 0.05) is 29.1 Å². The average Bonchev–Trinajstić information content (AvgIpc) is 2.37. The van der Waals surface area contributed by atoms with E-state index in [0.717, 1.165) is 12.1 Å². The summed E-state index contributed by atoms with van der Waals surface area (Å²) in [7, 11) is 0. The van der Waals surface area contributed by atoms with Crippen LogP contribution in [0.4, 0.5) is 13.2 Å². The minimum absolute atomic E-state index is 0.178. The van der Waals surface area contributed by atoms with Crippen LogP contribution in [0, 0.1) is 0 Å². The normalized spacial score (nSPS) is 11.3. The smallest absolute Gasteiger partial charge is 0.366 e. The van der Waals surface area contributed by atoms with Gasteiger partial charge in [-0.3, -0.25) is 9.78 Å². The number of alkyl halides is 3. The summed E-state index contributed by atoms with van der Waals surface area (Å²) in [6.07, 6.45) is -1.88. The predicted octanol–water partition coefficient (Wildman–Crippen LogP) is 2.87. The second-order valence-electron chi connectivity index (χ2n) is 3.83. The third kappa shape index (κ3) is 2.57. The van der Waals surface area contributed by atoms with E-state index in [2.05, 4.69) is 4.98 Å². The molecule has 2 rings (SSSR count). The summed E-state index contributed by atoms with van der Waals surface area (Å²) in [6, 6.07) is 6.27. The Labute approximate surface area is 106 Å². The summed E-state index contributed by atoms with van der Waals surface area (Å²) in [5, 5.41) is 0. The number of rotatable bonds is 2. The summed E-state index contributed by atoms with van der Waals surface area (Å²) in [6.45, 7) is 0. The number of nitrogens with zero attached hydrogens (tertiary/aromatic N) is 1. The van der Waals surface area contributed by atoms with E-state index in [1.807, 2.05) is 0 Å². The number of carbonyl (C=O) groups is 1. The number of amides is 1. The van der Waals surface area contributed by atoms with Crippen LogP contribution < -0.4 is 5.73 Å². The molecule has 0 radical (unpaired) electrons. The van der Waals surface area contributed by atoms with Crippen molar-refractivity contribution >= 4 is 5.91 Å². The SMILES string of the molecule is NC(=O)c1cccc(C(F)(F)F)c1-c1cccnc1. The van der Waals surface area contributed by atoms with Crippen molar-refractivity contribution in [1.29, 1.82) is 0 Å². The van der Waals surface area contributed by atoms with E-state index in [4.69, 9.17) is 5.73 Å². The molecule has 0 fully saturated rings. The van der Waals surface area contributed by atoms with Crippen molar-refractivity contribution in [2.45, 2.75) is 6.18 Å². The Hall–Kier alpha value is -2.37. The molecule has 0 atom stereocenters. The summed E-state index contributed by atoms with van der Waals surface area (Å²) in [5.74, 6) is -0.912. The van der Waals surface area contributed by atoms with Gasteiger partial charge in [-0.2, -0.15) is 13.2 Å². The zero-order valence-electron chi connectivity index (χ0n) is 9.61. The van der Waals surface area contributed by atoms with Crippen molar-refractivity contribution in [3.8, 4) is 11.1 Å². The molecule has 1 aromatic carbocycles. The molecule has 98 valence electrons. The van der Waals surface area contributed by atoms with Gasteiger partial charge >= 0.3 is 6.18 Å². The van der Waals surface area contributed by atoms with E-state index in [9.17, 15) is 18.0 Å². The zero-order valence-corrected chi connectivity index (χ0v) is 9.61. The van der Waals surface area contributed by atoms with Crippen LogP contribution >= 0.6 is 0 Å². The van der Waals surface area contributed by atoms with Crippen LogP contribution in [0.25, 0.3) is 11.1 Å². The topological polar surface area (TPSA) is 56.0 Å². The molecule has 0 aliphatic rings. The first-order valence-corrected chi connectivity index (χ1v) is 5.31. The van der Waals surface area contributed by atoms with E-state index in [-0.39, 0.29) is 16.7 Å². The second-order valence-corrected chi connectivity index (χ2v) is 3.83. The maximum atomic E-state index is 13.0. The molecular weight excluding hydrogens is 257 g/mol. The molecule has 1 aromatic heterocycles. The number of hydrogen-bond donors (Lipinski definition) is 1. The Morgan fingerprint density at radius 2 is 1.89 bits per heavy atom. The lowest BCUT2D eigenvalue weighted by atomic mass is 9.94. The summed E-state index contributed by atoms with van der Waals surface area (Å²) >= 11 is 0. The van der Waals surface area contributed by atoms with Gasteiger partial charge < -0.3 is 5.73 Å². The van der Waals surface area contributed by atoms with E-state index in [0.29, 0.717) is 0 Å². The van der Waals surface area contributed by atoms with Crippen LogP contribution in [0.2, 0.25) is 0 Å². The van der Waals surface area contributed by atoms with E-state index in [1.165, 1.54) is 30.6 Å². The highest BCUT2D eigenvalue weighted by atomic mass is 19.4. The van der Waals surface area contributed by atoms with Gasteiger partial charge in [0.05, 0.1) is 5.56 Å². The first-order valence-electron chi connectivity index (χ1n) is 5.31. The molecule has 19 heavy (non-hydrogen) atoms. The van der Waals surface area contributed by atoms with Crippen molar-refractivity contribution in [3.63, 3.8) is 0 Å². The Balaban J connectivity index is 2.78. The molecule has 6 heteroatoms. The average molecular weight is 266 g/mol. The number of hydrogen-bond acceptors (Lipinski definition) is 2. The second kappa shape index (κ2) is 4.72. The fraction of sp³-hybridized carbons (Fsp3) is 0.0769. The molecule has 0 spiro atoms. The third-order valence-electron chi connectivity index (χ3n) is 2.59. The van der Waals surface area contributed by atoms with Crippen molar-refractivity contribution in [3.05, 3.63) is 53.9 Å². The van der Waals surface area contributed by atoms with Crippen LogP contribution in [0.15, 0.2) is 42.7 Å². The largest absolute Gasteiger partial charge is 0.417 e. The number of pyridine rings is 1. The van der Waals surface area contributed by atoms with Crippen LogP contribution in [-0.4, -0.2) is 10.9 Å². The van der Waals surface area contributed by atoms with Crippen molar-refractivity contribution in [2.75, 3.05) is 0 Å². The zero-order chi connectivity index (χ0) is 14.0. The minimum atomic E-state index is -4.57. The Morgan fingerprint density at radius 1 is 1.16 bits per heavy atom. The molecule has 0 saturated heterocycles. The van der Waals surface area contributed by atoms with Gasteiger partial charge in [0.25, 0.3) is 0 Å². The first kappa shape index (κ1) is 13.1. The lowest BCUT2D eigenvalue weighted by Crippen LogP contribution is -2.16. The van der Waals surface area contributed by atoms with Crippen LogP contribution in [0.1, 0.15) is 15.9 Å². The van der Waals surface area contributed by atoms with Crippen molar-refractivity contribution < 1.29 is 18.0 Å². The maximum absolute atomic E-state index is 13.0. The molecular formula is C13H9F3N2O. The highest BCUT2D eigenvalue weighted by molar-refractivity contribution is 6.00. The fourth-order valence-electron chi connectivity index (χ4n) is 1.82. The fourth-order valence-corrected chi connectivity index (χ4v) is 1.82. The number of primary amides is 1. The summed E-state index contributed by atoms with van der Waals surface area (Å²) < 4.78 is 39.0. The molecule has 0 bridgehead atoms. The lowest BCUT2D eigenvalue weighted by molar-refractivity contribution is -0.137. The van der Waals surface area contributed by atoms with Crippen molar-refractivity contribution in [2.24, 2.45) is 5.73 Å². The van der Waals surface area contributed by atoms with Gasteiger partial charge in [-0.1, -0.05) is 12.1 Å². The number of carbonyl (C=O) groups excluding carboxylic acids is 1. The molecule has 2 aromatic rings. The number of halogens is 3. The molecule has 0 aliphatic heterocycles. The Bertz CT molecular complexity index is 609. The van der Waals surface area contributed by atoms with Crippen LogP contribution in [-0.2, 0) is 6.18 Å². The van der Waals surface area contributed by atoms with E-state index < -0.39 is 17.6 Å². The third-order valence-corrected chi connectivity index (χ3v) is 2.59. The predicted molar refractivity (Wildman–Crippen MR) is 63.2 cm³/mol. The number of benzene rings is 1. The Morgan fingerprint density at radius 3 is 2.42 bits per heavy atom. The molecule has 2 N–H and O–H groups in total. The maximum Gasteiger partial charge on any atom is 0.417 e. The van der Waals surface area contributed by atoms with Crippen molar-refractivity contribution in [1.82, 2.24) is 4.98 Å². The molecule has 1 amide bonds. The molecule has 0 aliphatic carbocycles. The first-order chi connectivity index (χ1) is 8.91. The van der Waals surface area contributed by atoms with Gasteiger partial charge in [0.2, 0.25) is 5.91 Å². The minimum Gasteiger partial charge on any atom is -0.366 e. The highest BCUT2D eigenvalue weighted by Crippen LogP contribution is 2.38. The van der Waals surface area contributed by atoms with Crippen LogP contribution in [0.3, 0.4) is 0 Å².